The van der Waals surface area contributed by atoms with E-state index in [-0.39, 0.29) is 22.8 Å². The molecule has 21 heavy (non-hydrogen) atoms. The molecule has 0 spiro atoms. The predicted molar refractivity (Wildman–Crippen MR) is 79.4 cm³/mol. The van der Waals surface area contributed by atoms with E-state index >= 15 is 0 Å². The molecular formula is C17H21N3O. The highest BCUT2D eigenvalue weighted by atomic mass is 16.2. The average molecular weight is 283 g/mol. The van der Waals surface area contributed by atoms with Gasteiger partial charge >= 0.3 is 0 Å². The second-order valence-corrected chi connectivity index (χ2v) is 7.37. The summed E-state index contributed by atoms with van der Waals surface area (Å²) in [5.74, 6) is 0.563. The largest absolute Gasteiger partial charge is 0.347 e. The zero-order chi connectivity index (χ0) is 15.3. The fraction of sp³-hybridized carbons (Fsp3) is 0.588. The Morgan fingerprint density at radius 2 is 2.19 bits per heavy atom. The van der Waals surface area contributed by atoms with Crippen LogP contribution in [0.5, 0.6) is 0 Å². The number of fused-ring (bicyclic) bond motifs is 2. The number of nitrogens with zero attached hydrogens (tertiary/aromatic N) is 2. The third kappa shape index (κ3) is 2.12. The Labute approximate surface area is 125 Å². The molecule has 1 N–H and O–H groups in total. The molecule has 4 heteroatoms. The highest BCUT2D eigenvalue weighted by Crippen LogP contribution is 2.62. The molecule has 0 radical (unpaired) electrons. The van der Waals surface area contributed by atoms with Crippen molar-refractivity contribution >= 4 is 5.91 Å². The van der Waals surface area contributed by atoms with Crippen molar-refractivity contribution < 1.29 is 4.79 Å². The Hall–Kier alpha value is -1.89. The lowest BCUT2D eigenvalue weighted by Crippen LogP contribution is -2.52. The third-order valence-electron chi connectivity index (χ3n) is 5.67. The smallest absolute Gasteiger partial charge is 0.270 e. The van der Waals surface area contributed by atoms with Gasteiger partial charge in [0.05, 0.1) is 5.56 Å². The average Bonchev–Trinajstić information content (AvgIpc) is 2.94. The van der Waals surface area contributed by atoms with Crippen molar-refractivity contribution in [2.45, 2.75) is 46.1 Å². The topological polar surface area (TPSA) is 65.8 Å². The molecule has 2 saturated carbocycles. The molecule has 4 nitrogen and oxygen atoms in total. The molecule has 2 aliphatic carbocycles. The van der Waals surface area contributed by atoms with E-state index in [1.54, 1.807) is 12.1 Å². The van der Waals surface area contributed by atoms with Crippen LogP contribution in [0.2, 0.25) is 0 Å². The van der Waals surface area contributed by atoms with Crippen molar-refractivity contribution in [3.8, 4) is 6.07 Å². The van der Waals surface area contributed by atoms with E-state index in [4.69, 9.17) is 5.26 Å². The molecule has 110 valence electrons. The summed E-state index contributed by atoms with van der Waals surface area (Å²) in [7, 11) is 0. The second kappa shape index (κ2) is 4.56. The molecule has 2 fully saturated rings. The maximum absolute atomic E-state index is 12.5. The minimum atomic E-state index is -0.133. The number of rotatable bonds is 2. The van der Waals surface area contributed by atoms with E-state index in [0.717, 1.165) is 0 Å². The molecule has 0 aliphatic heterocycles. The zero-order valence-corrected chi connectivity index (χ0v) is 12.8. The second-order valence-electron chi connectivity index (χ2n) is 7.37. The Morgan fingerprint density at radius 1 is 1.43 bits per heavy atom. The minimum absolute atomic E-state index is 0.133. The lowest BCUT2D eigenvalue weighted by atomic mass is 9.68. The van der Waals surface area contributed by atoms with Gasteiger partial charge < -0.3 is 5.32 Å². The maximum Gasteiger partial charge on any atom is 0.270 e. The summed E-state index contributed by atoms with van der Waals surface area (Å²) < 4.78 is 0. The first-order chi connectivity index (χ1) is 9.87. The number of amides is 1. The fourth-order valence-corrected chi connectivity index (χ4v) is 4.46. The molecule has 2 bridgehead atoms. The summed E-state index contributed by atoms with van der Waals surface area (Å²) in [6, 6.07) is 5.46. The molecule has 3 rings (SSSR count). The van der Waals surface area contributed by atoms with Gasteiger partial charge in [0.2, 0.25) is 0 Å². The summed E-state index contributed by atoms with van der Waals surface area (Å²) in [6.45, 7) is 6.82. The van der Waals surface area contributed by atoms with Crippen LogP contribution in [0, 0.1) is 28.1 Å². The van der Waals surface area contributed by atoms with Gasteiger partial charge in [0.15, 0.2) is 0 Å². The standard InChI is InChI=1S/C17H21N3O/c1-16(2)12-6-7-17(3,8-12)15(16)20-14(21)13-5-4-11(9-18)10-19-13/h4-5,10,12,15H,6-8H2,1-3H3,(H,20,21). The van der Waals surface area contributed by atoms with Crippen molar-refractivity contribution in [2.24, 2.45) is 16.7 Å². The number of carbonyl (C=O) groups excluding carboxylic acids is 1. The van der Waals surface area contributed by atoms with E-state index in [0.29, 0.717) is 17.2 Å². The first-order valence-electron chi connectivity index (χ1n) is 7.54. The molecule has 1 aromatic rings. The molecule has 3 unspecified atom stereocenters. The van der Waals surface area contributed by atoms with Crippen LogP contribution in [0.1, 0.15) is 56.1 Å². The van der Waals surface area contributed by atoms with Gasteiger partial charge in [-0.2, -0.15) is 5.26 Å². The van der Waals surface area contributed by atoms with Crippen LogP contribution in [0.25, 0.3) is 0 Å². The molecular weight excluding hydrogens is 262 g/mol. The van der Waals surface area contributed by atoms with Crippen LogP contribution in [0.15, 0.2) is 18.3 Å². The number of pyridine rings is 1. The third-order valence-corrected chi connectivity index (χ3v) is 5.67. The first kappa shape index (κ1) is 14.1. The van der Waals surface area contributed by atoms with Crippen LogP contribution in [-0.2, 0) is 0 Å². The monoisotopic (exact) mass is 283 g/mol. The number of hydrogen-bond donors (Lipinski definition) is 1. The van der Waals surface area contributed by atoms with Gasteiger partial charge in [-0.25, -0.2) is 4.98 Å². The van der Waals surface area contributed by atoms with Crippen molar-refractivity contribution in [1.29, 1.82) is 5.26 Å². The van der Waals surface area contributed by atoms with E-state index in [1.807, 2.05) is 6.07 Å². The number of nitriles is 1. The van der Waals surface area contributed by atoms with E-state index in [9.17, 15) is 4.79 Å². The molecule has 3 atom stereocenters. The van der Waals surface area contributed by atoms with Gasteiger partial charge in [-0.3, -0.25) is 4.79 Å². The molecule has 2 aliphatic rings. The van der Waals surface area contributed by atoms with Crippen molar-refractivity contribution in [2.75, 3.05) is 0 Å². The van der Waals surface area contributed by atoms with Crippen molar-refractivity contribution in [1.82, 2.24) is 10.3 Å². The Morgan fingerprint density at radius 3 is 2.71 bits per heavy atom. The van der Waals surface area contributed by atoms with Gasteiger partial charge in [-0.1, -0.05) is 20.8 Å². The lowest BCUT2D eigenvalue weighted by molar-refractivity contribution is 0.0733. The predicted octanol–water partition coefficient (Wildman–Crippen LogP) is 2.90. The number of hydrogen-bond acceptors (Lipinski definition) is 3. The van der Waals surface area contributed by atoms with Crippen LogP contribution >= 0.6 is 0 Å². The number of carbonyl (C=O) groups is 1. The quantitative estimate of drug-likeness (QED) is 0.907. The Balaban J connectivity index is 1.80. The summed E-state index contributed by atoms with van der Waals surface area (Å²) in [5.41, 5.74) is 1.20. The van der Waals surface area contributed by atoms with Crippen LogP contribution in [0.3, 0.4) is 0 Å². The van der Waals surface area contributed by atoms with Gasteiger partial charge in [0.1, 0.15) is 11.8 Å². The van der Waals surface area contributed by atoms with Gasteiger partial charge in [0, 0.05) is 12.2 Å². The molecule has 1 heterocycles. The molecule has 1 aromatic heterocycles. The van der Waals surface area contributed by atoms with Gasteiger partial charge in [-0.15, -0.1) is 0 Å². The molecule has 0 saturated heterocycles. The lowest BCUT2D eigenvalue weighted by Gasteiger charge is -2.43. The first-order valence-corrected chi connectivity index (χ1v) is 7.54. The van der Waals surface area contributed by atoms with E-state index in [1.165, 1.54) is 25.5 Å². The normalized spacial score (nSPS) is 32.7. The summed E-state index contributed by atoms with van der Waals surface area (Å²) >= 11 is 0. The summed E-state index contributed by atoms with van der Waals surface area (Å²) in [5, 5.41) is 12.0. The number of nitrogens with one attached hydrogen (secondary N) is 1. The molecule has 1 amide bonds. The Bertz CT molecular complexity index is 609. The van der Waals surface area contributed by atoms with E-state index in [2.05, 4.69) is 31.1 Å². The van der Waals surface area contributed by atoms with Crippen LogP contribution in [-0.4, -0.2) is 16.9 Å². The Kier molecular flexibility index (Phi) is 3.05. The maximum atomic E-state index is 12.5. The van der Waals surface area contributed by atoms with Gasteiger partial charge in [-0.05, 0) is 48.1 Å². The highest BCUT2D eigenvalue weighted by Gasteiger charge is 2.59. The molecule has 0 aromatic carbocycles. The number of aromatic nitrogens is 1. The summed E-state index contributed by atoms with van der Waals surface area (Å²) in [6.07, 6.45) is 5.10. The highest BCUT2D eigenvalue weighted by molar-refractivity contribution is 5.92. The van der Waals surface area contributed by atoms with Crippen LogP contribution in [0.4, 0.5) is 0 Å². The summed E-state index contributed by atoms with van der Waals surface area (Å²) in [4.78, 5) is 16.5. The fourth-order valence-electron chi connectivity index (χ4n) is 4.46. The van der Waals surface area contributed by atoms with Crippen LogP contribution < -0.4 is 5.32 Å². The van der Waals surface area contributed by atoms with E-state index < -0.39 is 0 Å². The minimum Gasteiger partial charge on any atom is -0.347 e. The van der Waals surface area contributed by atoms with Gasteiger partial charge in [0.25, 0.3) is 5.91 Å². The van der Waals surface area contributed by atoms with Crippen molar-refractivity contribution in [3.63, 3.8) is 0 Å². The van der Waals surface area contributed by atoms with Crippen molar-refractivity contribution in [3.05, 3.63) is 29.6 Å². The SMILES string of the molecule is CC12CCC(C1)C(C)(C)C2NC(=O)c1ccc(C#N)cn1. The zero-order valence-electron chi connectivity index (χ0n) is 12.8.